The summed E-state index contributed by atoms with van der Waals surface area (Å²) in [6, 6.07) is 0. The summed E-state index contributed by atoms with van der Waals surface area (Å²) in [6.07, 6.45) is 7.05. The largest absolute Gasteiger partial charge is 0.481 e. The van der Waals surface area contributed by atoms with Crippen LogP contribution in [0.3, 0.4) is 0 Å². The minimum atomic E-state index is -0.549. The van der Waals surface area contributed by atoms with Crippen molar-refractivity contribution in [1.82, 2.24) is 0 Å². The number of carboxylic acids is 1. The van der Waals surface area contributed by atoms with Crippen molar-refractivity contribution in [2.45, 2.75) is 38.5 Å². The van der Waals surface area contributed by atoms with Crippen LogP contribution in [0.4, 0.5) is 0 Å². The monoisotopic (exact) mass is 168 g/mol. The Labute approximate surface area is 73.0 Å². The highest BCUT2D eigenvalue weighted by atomic mass is 16.4. The summed E-state index contributed by atoms with van der Waals surface area (Å²) >= 11 is 0. The summed E-state index contributed by atoms with van der Waals surface area (Å²) < 4.78 is 0. The maximum absolute atomic E-state index is 10.9. The first-order valence-corrected chi connectivity index (χ1v) is 5.02. The molecule has 0 aromatic heterocycles. The van der Waals surface area contributed by atoms with Gasteiger partial charge in [-0.3, -0.25) is 4.79 Å². The minimum absolute atomic E-state index is 0.00810. The van der Waals surface area contributed by atoms with E-state index < -0.39 is 5.97 Å². The molecule has 2 aliphatic rings. The number of carboxylic acid groups (broad SMARTS) is 1. The number of carbonyl (C=O) groups is 1. The van der Waals surface area contributed by atoms with Gasteiger partial charge in [0.05, 0.1) is 5.92 Å². The highest BCUT2D eigenvalue weighted by molar-refractivity contribution is 5.70. The molecule has 68 valence electrons. The van der Waals surface area contributed by atoms with Crippen molar-refractivity contribution in [3.8, 4) is 0 Å². The Hall–Kier alpha value is -0.530. The molecular formula is C10H16O2. The number of rotatable bonds is 2. The smallest absolute Gasteiger partial charge is 0.306 e. The molecule has 1 N–H and O–H groups in total. The van der Waals surface area contributed by atoms with Crippen LogP contribution < -0.4 is 0 Å². The van der Waals surface area contributed by atoms with Crippen molar-refractivity contribution >= 4 is 5.97 Å². The summed E-state index contributed by atoms with van der Waals surface area (Å²) in [5.74, 6) is 0.737. The van der Waals surface area contributed by atoms with Gasteiger partial charge in [0.15, 0.2) is 0 Å². The third-order valence-electron chi connectivity index (χ3n) is 3.36. The first-order valence-electron chi connectivity index (χ1n) is 5.02. The third kappa shape index (κ3) is 1.47. The molecule has 0 heterocycles. The molecule has 2 atom stereocenters. The number of aliphatic carboxylic acids is 1. The van der Waals surface area contributed by atoms with Gasteiger partial charge in [-0.2, -0.15) is 0 Å². The summed E-state index contributed by atoms with van der Waals surface area (Å²) in [6.45, 7) is 0. The van der Waals surface area contributed by atoms with Crippen LogP contribution in [-0.4, -0.2) is 11.1 Å². The normalized spacial score (nSPS) is 36.3. The van der Waals surface area contributed by atoms with Crippen molar-refractivity contribution < 1.29 is 9.90 Å². The summed E-state index contributed by atoms with van der Waals surface area (Å²) in [7, 11) is 0. The first kappa shape index (κ1) is 8.09. The molecule has 0 bridgehead atoms. The van der Waals surface area contributed by atoms with Gasteiger partial charge in [-0.1, -0.05) is 12.8 Å². The summed E-state index contributed by atoms with van der Waals surface area (Å²) in [4.78, 5) is 10.9. The first-order chi connectivity index (χ1) is 5.79. The van der Waals surface area contributed by atoms with Crippen LogP contribution in [-0.2, 0) is 4.79 Å². The van der Waals surface area contributed by atoms with Gasteiger partial charge >= 0.3 is 5.97 Å². The van der Waals surface area contributed by atoms with Gasteiger partial charge in [-0.15, -0.1) is 0 Å². The number of hydrogen-bond acceptors (Lipinski definition) is 1. The van der Waals surface area contributed by atoms with Gasteiger partial charge in [0.2, 0.25) is 0 Å². The van der Waals surface area contributed by atoms with Crippen LogP contribution in [0, 0.1) is 17.8 Å². The topological polar surface area (TPSA) is 37.3 Å². The molecule has 2 rings (SSSR count). The molecule has 12 heavy (non-hydrogen) atoms. The fourth-order valence-corrected chi connectivity index (χ4v) is 2.55. The van der Waals surface area contributed by atoms with E-state index in [1.165, 1.54) is 25.7 Å². The predicted octanol–water partition coefficient (Wildman–Crippen LogP) is 2.29. The van der Waals surface area contributed by atoms with Gasteiger partial charge in [-0.25, -0.2) is 0 Å². The van der Waals surface area contributed by atoms with E-state index in [0.29, 0.717) is 5.92 Å². The molecule has 2 fully saturated rings. The van der Waals surface area contributed by atoms with E-state index in [4.69, 9.17) is 5.11 Å². The molecule has 0 spiro atoms. The molecule has 2 saturated carbocycles. The average Bonchev–Trinajstić information content (AvgIpc) is 2.87. The summed E-state index contributed by atoms with van der Waals surface area (Å²) in [5.41, 5.74) is 0. The molecule has 2 unspecified atom stereocenters. The predicted molar refractivity (Wildman–Crippen MR) is 45.8 cm³/mol. The quantitative estimate of drug-likeness (QED) is 0.686. The van der Waals surface area contributed by atoms with Crippen molar-refractivity contribution in [2.24, 2.45) is 17.8 Å². The molecule has 0 saturated heterocycles. The van der Waals surface area contributed by atoms with Crippen LogP contribution in [0.15, 0.2) is 0 Å². The van der Waals surface area contributed by atoms with Gasteiger partial charge in [0, 0.05) is 0 Å². The Balaban J connectivity index is 2.00. The van der Waals surface area contributed by atoms with Gasteiger partial charge in [-0.05, 0) is 37.5 Å². The lowest BCUT2D eigenvalue weighted by Gasteiger charge is -2.28. The Morgan fingerprint density at radius 3 is 2.33 bits per heavy atom. The molecule has 0 radical (unpaired) electrons. The number of hydrogen-bond donors (Lipinski definition) is 1. The lowest BCUT2D eigenvalue weighted by molar-refractivity contribution is -0.145. The molecular weight excluding hydrogens is 152 g/mol. The fourth-order valence-electron chi connectivity index (χ4n) is 2.55. The Bertz CT molecular complexity index is 184. The zero-order chi connectivity index (χ0) is 8.55. The van der Waals surface area contributed by atoms with Crippen LogP contribution in [0.1, 0.15) is 38.5 Å². The maximum Gasteiger partial charge on any atom is 0.306 e. The lowest BCUT2D eigenvalue weighted by Crippen LogP contribution is -2.28. The average molecular weight is 168 g/mol. The van der Waals surface area contributed by atoms with Crippen LogP contribution >= 0.6 is 0 Å². The fraction of sp³-hybridized carbons (Fsp3) is 0.900. The molecule has 2 aliphatic carbocycles. The third-order valence-corrected chi connectivity index (χ3v) is 3.36. The van der Waals surface area contributed by atoms with Crippen LogP contribution in [0.2, 0.25) is 0 Å². The van der Waals surface area contributed by atoms with Crippen molar-refractivity contribution in [3.63, 3.8) is 0 Å². The van der Waals surface area contributed by atoms with E-state index in [-0.39, 0.29) is 5.92 Å². The van der Waals surface area contributed by atoms with Gasteiger partial charge < -0.3 is 5.11 Å². The zero-order valence-corrected chi connectivity index (χ0v) is 7.33. The second kappa shape index (κ2) is 3.08. The molecule has 2 nitrogen and oxygen atoms in total. The second-order valence-electron chi connectivity index (χ2n) is 4.23. The Morgan fingerprint density at radius 2 is 1.75 bits per heavy atom. The van der Waals surface area contributed by atoms with Crippen molar-refractivity contribution in [2.75, 3.05) is 0 Å². The van der Waals surface area contributed by atoms with Crippen molar-refractivity contribution in [1.29, 1.82) is 0 Å². The van der Waals surface area contributed by atoms with E-state index in [9.17, 15) is 4.79 Å². The van der Waals surface area contributed by atoms with E-state index in [0.717, 1.165) is 18.8 Å². The molecule has 0 aliphatic heterocycles. The SMILES string of the molecule is O=C(O)C1CCCCC1C1CC1. The molecule has 2 heteroatoms. The van der Waals surface area contributed by atoms with E-state index in [2.05, 4.69) is 0 Å². The Morgan fingerprint density at radius 1 is 1.08 bits per heavy atom. The highest BCUT2D eigenvalue weighted by Crippen LogP contribution is 2.46. The van der Waals surface area contributed by atoms with E-state index in [1.54, 1.807) is 0 Å². The molecule has 0 aromatic rings. The van der Waals surface area contributed by atoms with Gasteiger partial charge in [0.1, 0.15) is 0 Å². The van der Waals surface area contributed by atoms with Crippen LogP contribution in [0.25, 0.3) is 0 Å². The minimum Gasteiger partial charge on any atom is -0.481 e. The maximum atomic E-state index is 10.9. The standard InChI is InChI=1S/C10H16O2/c11-10(12)9-4-2-1-3-8(9)7-5-6-7/h7-9H,1-6H2,(H,11,12). The Kier molecular flexibility index (Phi) is 2.07. The zero-order valence-electron chi connectivity index (χ0n) is 7.33. The summed E-state index contributed by atoms with van der Waals surface area (Å²) in [5, 5.41) is 8.99. The van der Waals surface area contributed by atoms with Crippen LogP contribution in [0.5, 0.6) is 0 Å². The lowest BCUT2D eigenvalue weighted by atomic mass is 9.76. The van der Waals surface area contributed by atoms with E-state index in [1.807, 2.05) is 0 Å². The molecule has 0 amide bonds. The van der Waals surface area contributed by atoms with E-state index >= 15 is 0 Å². The van der Waals surface area contributed by atoms with Gasteiger partial charge in [0.25, 0.3) is 0 Å². The molecule has 0 aromatic carbocycles. The van der Waals surface area contributed by atoms with Crippen molar-refractivity contribution in [3.05, 3.63) is 0 Å². The highest BCUT2D eigenvalue weighted by Gasteiger charge is 2.40. The second-order valence-corrected chi connectivity index (χ2v) is 4.23.